The first-order valence-electron chi connectivity index (χ1n) is 7.49. The molecule has 1 aromatic heterocycles. The molecule has 0 spiro atoms. The fourth-order valence-electron chi connectivity index (χ4n) is 2.30. The molecule has 0 unspecified atom stereocenters. The topological polar surface area (TPSA) is 129 Å². The summed E-state index contributed by atoms with van der Waals surface area (Å²) in [6.07, 6.45) is 3.10. The molecule has 132 valence electrons. The van der Waals surface area contributed by atoms with Gasteiger partial charge in [-0.2, -0.15) is 5.10 Å². The first kappa shape index (κ1) is 17.0. The number of nitrogens with zero attached hydrogens (tertiary/aromatic N) is 4. The van der Waals surface area contributed by atoms with E-state index in [9.17, 15) is 15.2 Å². The van der Waals surface area contributed by atoms with Gasteiger partial charge in [0.05, 0.1) is 30.1 Å². The zero-order valence-electron chi connectivity index (χ0n) is 13.7. The zero-order chi connectivity index (χ0) is 18.7. The Morgan fingerprint density at radius 1 is 1.35 bits per heavy atom. The zero-order valence-corrected chi connectivity index (χ0v) is 13.7. The van der Waals surface area contributed by atoms with Gasteiger partial charge in [0.25, 0.3) is 5.69 Å². The van der Waals surface area contributed by atoms with Crippen LogP contribution in [0.1, 0.15) is 5.56 Å². The molecular weight excluding hydrogens is 338 g/mol. The number of aromatic nitrogens is 2. The number of nitrogen functional groups attached to an aromatic ring is 1. The van der Waals surface area contributed by atoms with Gasteiger partial charge in [0, 0.05) is 17.7 Å². The second kappa shape index (κ2) is 6.93. The Hall–Kier alpha value is -3.88. The fourth-order valence-corrected chi connectivity index (χ4v) is 2.30. The molecule has 9 nitrogen and oxygen atoms in total. The van der Waals surface area contributed by atoms with Gasteiger partial charge in [0.1, 0.15) is 0 Å². The van der Waals surface area contributed by atoms with Gasteiger partial charge in [0.2, 0.25) is 5.95 Å². The van der Waals surface area contributed by atoms with Gasteiger partial charge in [-0.25, -0.2) is 9.66 Å². The van der Waals surface area contributed by atoms with E-state index in [1.165, 1.54) is 36.2 Å². The maximum Gasteiger partial charge on any atom is 0.270 e. The Labute approximate surface area is 148 Å². The van der Waals surface area contributed by atoms with Crippen LogP contribution in [0.3, 0.4) is 0 Å². The van der Waals surface area contributed by atoms with Crippen LogP contribution in [0.5, 0.6) is 11.5 Å². The lowest BCUT2D eigenvalue weighted by molar-refractivity contribution is -0.384. The van der Waals surface area contributed by atoms with Crippen LogP contribution in [0.25, 0.3) is 11.3 Å². The quantitative estimate of drug-likeness (QED) is 0.412. The predicted molar refractivity (Wildman–Crippen MR) is 96.4 cm³/mol. The van der Waals surface area contributed by atoms with Crippen LogP contribution in [-0.2, 0) is 0 Å². The summed E-state index contributed by atoms with van der Waals surface area (Å²) in [4.78, 5) is 14.6. The van der Waals surface area contributed by atoms with E-state index in [4.69, 9.17) is 10.5 Å². The molecule has 0 fully saturated rings. The predicted octanol–water partition coefficient (Wildman–Crippen LogP) is 2.64. The molecule has 0 bridgehead atoms. The minimum Gasteiger partial charge on any atom is -0.504 e. The number of methoxy groups -OCH3 is 1. The minimum absolute atomic E-state index is 0.0275. The first-order chi connectivity index (χ1) is 12.5. The minimum atomic E-state index is -0.472. The van der Waals surface area contributed by atoms with Crippen molar-refractivity contribution in [3.63, 3.8) is 0 Å². The molecule has 1 heterocycles. The number of non-ortho nitro benzene ring substituents is 1. The number of benzene rings is 2. The lowest BCUT2D eigenvalue weighted by Gasteiger charge is -2.03. The number of hydrogen-bond acceptors (Lipinski definition) is 7. The van der Waals surface area contributed by atoms with Crippen molar-refractivity contribution < 1.29 is 14.8 Å². The number of phenolic OH excluding ortho intramolecular Hbond substituents is 1. The molecular formula is C17H15N5O4. The van der Waals surface area contributed by atoms with E-state index in [2.05, 4.69) is 10.1 Å². The van der Waals surface area contributed by atoms with Crippen molar-refractivity contribution in [3.05, 3.63) is 64.3 Å². The Kier molecular flexibility index (Phi) is 4.52. The van der Waals surface area contributed by atoms with Gasteiger partial charge in [-0.3, -0.25) is 10.1 Å². The van der Waals surface area contributed by atoms with Crippen LogP contribution in [0, 0.1) is 10.1 Å². The highest BCUT2D eigenvalue weighted by molar-refractivity contribution is 5.81. The monoisotopic (exact) mass is 353 g/mol. The van der Waals surface area contributed by atoms with Crippen molar-refractivity contribution in [2.75, 3.05) is 12.8 Å². The van der Waals surface area contributed by atoms with Crippen LogP contribution >= 0.6 is 0 Å². The number of phenols is 1. The number of nitro benzene ring substituents is 1. The van der Waals surface area contributed by atoms with E-state index >= 15 is 0 Å². The van der Waals surface area contributed by atoms with Gasteiger partial charge in [0.15, 0.2) is 11.5 Å². The van der Waals surface area contributed by atoms with Crippen LogP contribution in [0.15, 0.2) is 53.8 Å². The highest BCUT2D eigenvalue weighted by Gasteiger charge is 2.11. The number of imidazole rings is 1. The Bertz CT molecular complexity index is 997. The smallest absolute Gasteiger partial charge is 0.270 e. The first-order valence-corrected chi connectivity index (χ1v) is 7.49. The summed E-state index contributed by atoms with van der Waals surface area (Å²) in [6, 6.07) is 10.9. The number of nitro groups is 1. The average Bonchev–Trinajstić information content (AvgIpc) is 3.02. The summed E-state index contributed by atoms with van der Waals surface area (Å²) in [5.41, 5.74) is 7.54. The lowest BCUT2D eigenvalue weighted by atomic mass is 10.1. The average molecular weight is 353 g/mol. The van der Waals surface area contributed by atoms with Crippen molar-refractivity contribution >= 4 is 17.9 Å². The molecule has 2 aromatic carbocycles. The van der Waals surface area contributed by atoms with E-state index in [1.54, 1.807) is 30.5 Å². The Balaban J connectivity index is 1.89. The molecule has 0 atom stereocenters. The van der Waals surface area contributed by atoms with Crippen LogP contribution in [0.4, 0.5) is 11.6 Å². The molecule has 0 aliphatic heterocycles. The number of hydrogen-bond donors (Lipinski definition) is 2. The maximum atomic E-state index is 10.9. The normalized spacial score (nSPS) is 11.0. The lowest BCUT2D eigenvalue weighted by Crippen LogP contribution is -1.97. The second-order valence-electron chi connectivity index (χ2n) is 5.31. The van der Waals surface area contributed by atoms with Crippen LogP contribution in [-0.4, -0.2) is 33.0 Å². The van der Waals surface area contributed by atoms with E-state index in [-0.39, 0.29) is 17.4 Å². The largest absolute Gasteiger partial charge is 0.504 e. The number of aromatic hydroxyl groups is 1. The van der Waals surface area contributed by atoms with Gasteiger partial charge < -0.3 is 15.6 Å². The molecule has 3 rings (SSSR count). The highest BCUT2D eigenvalue weighted by atomic mass is 16.6. The van der Waals surface area contributed by atoms with E-state index in [0.29, 0.717) is 22.6 Å². The van der Waals surface area contributed by atoms with Crippen molar-refractivity contribution in [1.82, 2.24) is 9.66 Å². The van der Waals surface area contributed by atoms with E-state index in [0.717, 1.165) is 0 Å². The molecule has 0 saturated carbocycles. The van der Waals surface area contributed by atoms with E-state index in [1.807, 2.05) is 0 Å². The molecule has 3 aromatic rings. The third kappa shape index (κ3) is 3.46. The summed E-state index contributed by atoms with van der Waals surface area (Å²) in [5.74, 6) is 0.484. The molecule has 0 radical (unpaired) electrons. The summed E-state index contributed by atoms with van der Waals surface area (Å²) in [6.45, 7) is 0. The molecule has 9 heteroatoms. The summed E-state index contributed by atoms with van der Waals surface area (Å²) < 4.78 is 6.40. The van der Waals surface area contributed by atoms with Gasteiger partial charge in [-0.15, -0.1) is 0 Å². The third-order valence-corrected chi connectivity index (χ3v) is 3.60. The summed E-state index contributed by atoms with van der Waals surface area (Å²) in [5, 5.41) is 24.7. The molecule has 0 aliphatic rings. The highest BCUT2D eigenvalue weighted by Crippen LogP contribution is 2.26. The Morgan fingerprint density at radius 2 is 2.15 bits per heavy atom. The van der Waals surface area contributed by atoms with Gasteiger partial charge >= 0.3 is 0 Å². The molecule has 0 aliphatic carbocycles. The van der Waals surface area contributed by atoms with E-state index < -0.39 is 4.92 Å². The standard InChI is InChI=1S/C17H15N5O4/c1-26-16-7-11(5-6-15(16)23)9-19-21-10-14(20-17(21)18)12-3-2-4-13(8-12)22(24)25/h2-10,23H,1H3,(H2,18,20). The summed E-state index contributed by atoms with van der Waals surface area (Å²) >= 11 is 0. The van der Waals surface area contributed by atoms with Gasteiger partial charge in [-0.05, 0) is 23.8 Å². The van der Waals surface area contributed by atoms with Crippen LogP contribution in [0.2, 0.25) is 0 Å². The number of nitrogens with two attached hydrogens (primary N) is 1. The molecule has 0 saturated heterocycles. The van der Waals surface area contributed by atoms with Crippen molar-refractivity contribution in [3.8, 4) is 22.8 Å². The third-order valence-electron chi connectivity index (χ3n) is 3.60. The molecule has 3 N–H and O–H groups in total. The van der Waals surface area contributed by atoms with Crippen molar-refractivity contribution in [1.29, 1.82) is 0 Å². The molecule has 0 amide bonds. The van der Waals surface area contributed by atoms with Crippen molar-refractivity contribution in [2.24, 2.45) is 5.10 Å². The number of rotatable bonds is 5. The SMILES string of the molecule is COc1cc(C=Nn2cc(-c3cccc([N+](=O)[O-])c3)nc2N)ccc1O. The number of ether oxygens (including phenoxy) is 1. The summed E-state index contributed by atoms with van der Waals surface area (Å²) in [7, 11) is 1.45. The second-order valence-corrected chi connectivity index (χ2v) is 5.31. The maximum absolute atomic E-state index is 10.9. The Morgan fingerprint density at radius 3 is 2.88 bits per heavy atom. The fraction of sp³-hybridized carbons (Fsp3) is 0.0588. The van der Waals surface area contributed by atoms with Gasteiger partial charge in [-0.1, -0.05) is 12.1 Å². The number of anilines is 1. The molecule has 26 heavy (non-hydrogen) atoms. The van der Waals surface area contributed by atoms with Crippen molar-refractivity contribution in [2.45, 2.75) is 0 Å². The van der Waals surface area contributed by atoms with Crippen LogP contribution < -0.4 is 10.5 Å².